The second-order valence-electron chi connectivity index (χ2n) is 6.37. The highest BCUT2D eigenvalue weighted by Crippen LogP contribution is 2.60. The minimum absolute atomic E-state index is 0.0215. The van der Waals surface area contributed by atoms with Gasteiger partial charge in [0, 0.05) is 0 Å². The second-order valence-corrected chi connectivity index (χ2v) is 6.37. The van der Waals surface area contributed by atoms with E-state index in [-0.39, 0.29) is 29.6 Å². The van der Waals surface area contributed by atoms with Crippen molar-refractivity contribution in [3.8, 4) is 0 Å². The summed E-state index contributed by atoms with van der Waals surface area (Å²) in [6.45, 7) is 2.39. The summed E-state index contributed by atoms with van der Waals surface area (Å²) in [6.07, 6.45) is 5.24. The van der Waals surface area contributed by atoms with Crippen LogP contribution < -0.4 is 0 Å². The van der Waals surface area contributed by atoms with Crippen LogP contribution in [0.4, 0.5) is 0 Å². The van der Waals surface area contributed by atoms with Gasteiger partial charge in [0.15, 0.2) is 0 Å². The number of likely N-dealkylation sites (tertiary alicyclic amines) is 1. The number of carbonyl (C=O) groups excluding carboxylic acids is 2. The number of imide groups is 1. The summed E-state index contributed by atoms with van der Waals surface area (Å²) in [5, 5.41) is 0. The minimum Gasteiger partial charge on any atom is -0.277 e. The summed E-state index contributed by atoms with van der Waals surface area (Å²) < 4.78 is 0. The molecule has 0 spiro atoms. The Kier molecular flexibility index (Phi) is 2.27. The average molecular weight is 267 g/mol. The number of benzene rings is 1. The molecule has 0 unspecified atom stereocenters. The third-order valence-electron chi connectivity index (χ3n) is 5.38. The molecule has 0 N–H and O–H groups in total. The smallest absolute Gasteiger partial charge is 0.236 e. The van der Waals surface area contributed by atoms with Crippen LogP contribution in [0.25, 0.3) is 0 Å². The van der Waals surface area contributed by atoms with Crippen molar-refractivity contribution in [2.75, 3.05) is 0 Å². The van der Waals surface area contributed by atoms with Gasteiger partial charge in [0.25, 0.3) is 0 Å². The van der Waals surface area contributed by atoms with Gasteiger partial charge in [-0.05, 0) is 30.7 Å². The molecule has 2 bridgehead atoms. The van der Waals surface area contributed by atoms with Crippen LogP contribution in [0.1, 0.15) is 18.9 Å². The molecule has 20 heavy (non-hydrogen) atoms. The Morgan fingerprint density at radius 2 is 1.95 bits per heavy atom. The van der Waals surface area contributed by atoms with Gasteiger partial charge in [0.2, 0.25) is 11.8 Å². The molecule has 1 saturated carbocycles. The first-order valence-electron chi connectivity index (χ1n) is 7.20. The highest BCUT2D eigenvalue weighted by molar-refractivity contribution is 6.08. The molecule has 2 amide bonds. The molecule has 1 aromatic carbocycles. The zero-order valence-electron chi connectivity index (χ0n) is 11.5. The molecule has 4 rings (SSSR count). The van der Waals surface area contributed by atoms with Crippen molar-refractivity contribution in [1.82, 2.24) is 4.90 Å². The number of hydrogen-bond donors (Lipinski definition) is 0. The van der Waals surface area contributed by atoms with Crippen molar-refractivity contribution in [1.29, 1.82) is 0 Å². The van der Waals surface area contributed by atoms with Crippen LogP contribution >= 0.6 is 0 Å². The van der Waals surface area contributed by atoms with E-state index >= 15 is 0 Å². The second kappa shape index (κ2) is 3.81. The molecule has 3 heteroatoms. The largest absolute Gasteiger partial charge is 0.277 e. The minimum atomic E-state index is -0.495. The Bertz CT molecular complexity index is 621. The zero-order valence-corrected chi connectivity index (χ0v) is 11.5. The van der Waals surface area contributed by atoms with E-state index in [1.807, 2.05) is 37.3 Å². The van der Waals surface area contributed by atoms with Crippen LogP contribution in [0.2, 0.25) is 0 Å². The summed E-state index contributed by atoms with van der Waals surface area (Å²) in [5.74, 6) is 0.428. The number of hydrogen-bond acceptors (Lipinski definition) is 2. The third-order valence-corrected chi connectivity index (χ3v) is 5.38. The van der Waals surface area contributed by atoms with Gasteiger partial charge in [-0.3, -0.25) is 14.5 Å². The molecular formula is C17H17NO2. The predicted molar refractivity (Wildman–Crippen MR) is 74.3 cm³/mol. The van der Waals surface area contributed by atoms with Crippen molar-refractivity contribution in [3.05, 3.63) is 48.0 Å². The maximum atomic E-state index is 12.8. The number of allylic oxidation sites excluding steroid dienone is 2. The molecule has 2 aliphatic carbocycles. The summed E-state index contributed by atoms with van der Waals surface area (Å²) in [5.41, 5.74) is 0.517. The van der Waals surface area contributed by atoms with E-state index in [1.165, 1.54) is 4.90 Å². The number of nitrogens with zero attached hydrogens (tertiary/aromatic N) is 1. The van der Waals surface area contributed by atoms with Crippen molar-refractivity contribution >= 4 is 11.8 Å². The lowest BCUT2D eigenvalue weighted by atomic mass is 9.71. The Balaban J connectivity index is 1.68. The summed E-state index contributed by atoms with van der Waals surface area (Å²) in [6, 6.07) is 9.74. The predicted octanol–water partition coefficient (Wildman–Crippen LogP) is 2.38. The third kappa shape index (κ3) is 1.30. The Morgan fingerprint density at radius 3 is 2.65 bits per heavy atom. The highest BCUT2D eigenvalue weighted by atomic mass is 16.2. The summed E-state index contributed by atoms with van der Waals surface area (Å²) in [4.78, 5) is 26.9. The van der Waals surface area contributed by atoms with Gasteiger partial charge in [-0.2, -0.15) is 0 Å². The van der Waals surface area contributed by atoms with Crippen LogP contribution in [-0.2, 0) is 16.1 Å². The number of fused-ring (bicyclic) bond motifs is 5. The topological polar surface area (TPSA) is 37.4 Å². The van der Waals surface area contributed by atoms with Crippen LogP contribution in [-0.4, -0.2) is 16.7 Å². The molecule has 4 atom stereocenters. The van der Waals surface area contributed by atoms with E-state index in [1.54, 1.807) is 0 Å². The molecule has 102 valence electrons. The number of amides is 2. The lowest BCUT2D eigenvalue weighted by Gasteiger charge is -2.28. The van der Waals surface area contributed by atoms with Crippen molar-refractivity contribution in [2.24, 2.45) is 23.2 Å². The fourth-order valence-corrected chi connectivity index (χ4v) is 4.30. The Morgan fingerprint density at radius 1 is 1.20 bits per heavy atom. The number of carbonyl (C=O) groups is 2. The first kappa shape index (κ1) is 11.9. The number of rotatable bonds is 2. The fraction of sp³-hybridized carbons (Fsp3) is 0.412. The molecule has 1 aromatic rings. The van der Waals surface area contributed by atoms with Gasteiger partial charge in [-0.15, -0.1) is 0 Å². The van der Waals surface area contributed by atoms with Crippen LogP contribution in [0.15, 0.2) is 42.5 Å². The molecule has 1 saturated heterocycles. The monoisotopic (exact) mass is 267 g/mol. The molecule has 0 radical (unpaired) electrons. The summed E-state index contributed by atoms with van der Waals surface area (Å²) in [7, 11) is 0. The molecule has 1 aliphatic heterocycles. The summed E-state index contributed by atoms with van der Waals surface area (Å²) >= 11 is 0. The first-order valence-corrected chi connectivity index (χ1v) is 7.20. The van der Waals surface area contributed by atoms with Crippen molar-refractivity contribution in [2.45, 2.75) is 19.9 Å². The Hall–Kier alpha value is -1.90. The van der Waals surface area contributed by atoms with Gasteiger partial charge in [-0.25, -0.2) is 0 Å². The molecule has 1 heterocycles. The standard InChI is InChI=1S/C17H17NO2/c1-17-13-8-7-12(9-13)14(17)15(19)18(16(17)20)10-11-5-3-2-4-6-11/h2-8,12-14H,9-10H2,1H3/t12-,13-,14+,17+/m1/s1. The zero-order chi connectivity index (χ0) is 13.9. The van der Waals surface area contributed by atoms with E-state index in [4.69, 9.17) is 0 Å². The molecule has 2 fully saturated rings. The molecule has 0 aromatic heterocycles. The van der Waals surface area contributed by atoms with Crippen LogP contribution in [0, 0.1) is 23.2 Å². The maximum absolute atomic E-state index is 12.8. The van der Waals surface area contributed by atoms with E-state index in [9.17, 15) is 9.59 Å². The van der Waals surface area contributed by atoms with Crippen LogP contribution in [0.3, 0.4) is 0 Å². The highest BCUT2D eigenvalue weighted by Gasteiger charge is 2.66. The first-order chi connectivity index (χ1) is 9.62. The van der Waals surface area contributed by atoms with E-state index in [2.05, 4.69) is 12.2 Å². The van der Waals surface area contributed by atoms with Crippen molar-refractivity contribution in [3.63, 3.8) is 0 Å². The normalized spacial score (nSPS) is 37.9. The molecular weight excluding hydrogens is 250 g/mol. The molecule has 3 aliphatic rings. The van der Waals surface area contributed by atoms with E-state index in [0.717, 1.165) is 12.0 Å². The van der Waals surface area contributed by atoms with Gasteiger partial charge >= 0.3 is 0 Å². The van der Waals surface area contributed by atoms with E-state index < -0.39 is 5.41 Å². The Labute approximate surface area is 118 Å². The lowest BCUT2D eigenvalue weighted by molar-refractivity contribution is -0.142. The fourth-order valence-electron chi connectivity index (χ4n) is 4.30. The van der Waals surface area contributed by atoms with Gasteiger partial charge < -0.3 is 0 Å². The SMILES string of the molecule is C[C@@]12C(=O)N(Cc3ccccc3)C(=O)[C@@H]1[C@@H]1C=C[C@@H]2C1. The quantitative estimate of drug-likeness (QED) is 0.609. The van der Waals surface area contributed by atoms with Gasteiger partial charge in [0.05, 0.1) is 17.9 Å². The average Bonchev–Trinajstić information content (AvgIpc) is 3.08. The lowest BCUT2D eigenvalue weighted by Crippen LogP contribution is -2.37. The van der Waals surface area contributed by atoms with Crippen molar-refractivity contribution < 1.29 is 9.59 Å². The van der Waals surface area contributed by atoms with Gasteiger partial charge in [-0.1, -0.05) is 42.5 Å². The van der Waals surface area contributed by atoms with Crippen LogP contribution in [0.5, 0.6) is 0 Å². The van der Waals surface area contributed by atoms with E-state index in [0.29, 0.717) is 6.54 Å². The van der Waals surface area contributed by atoms with Gasteiger partial charge in [0.1, 0.15) is 0 Å². The maximum Gasteiger partial charge on any atom is 0.236 e. The molecule has 3 nitrogen and oxygen atoms in total.